The lowest BCUT2D eigenvalue weighted by Crippen LogP contribution is -2.41. The van der Waals surface area contributed by atoms with Crippen molar-refractivity contribution in [3.05, 3.63) is 23.8 Å². The largest absolute Gasteiger partial charge is 0.493 e. The highest BCUT2D eigenvalue weighted by atomic mass is 32.2. The normalized spacial score (nSPS) is 11.0. The number of methoxy groups -OCH3 is 2. The molecule has 2 amide bonds. The van der Waals surface area contributed by atoms with Crippen molar-refractivity contribution >= 4 is 16.1 Å². The van der Waals surface area contributed by atoms with Gasteiger partial charge in [-0.1, -0.05) is 6.07 Å². The molecule has 0 aliphatic carbocycles. The van der Waals surface area contributed by atoms with Crippen LogP contribution in [-0.4, -0.2) is 59.0 Å². The molecule has 0 heterocycles. The number of benzene rings is 1. The molecule has 0 aliphatic heterocycles. The summed E-state index contributed by atoms with van der Waals surface area (Å²) in [5.74, 6) is 0.255. The number of rotatable bonds is 10. The summed E-state index contributed by atoms with van der Waals surface area (Å²) in [5.41, 5.74) is 0.712. The van der Waals surface area contributed by atoms with Gasteiger partial charge in [0.1, 0.15) is 0 Å². The molecule has 8 nitrogen and oxygen atoms in total. The van der Waals surface area contributed by atoms with Gasteiger partial charge in [0.15, 0.2) is 11.5 Å². The van der Waals surface area contributed by atoms with Gasteiger partial charge in [-0.05, 0) is 31.5 Å². The van der Waals surface area contributed by atoms with Gasteiger partial charge in [-0.25, -0.2) is 4.79 Å². The van der Waals surface area contributed by atoms with Gasteiger partial charge < -0.3 is 23.9 Å². The maximum atomic E-state index is 12.1. The number of hydrogen-bond donors (Lipinski definition) is 1. The van der Waals surface area contributed by atoms with Gasteiger partial charge in [0.05, 0.1) is 19.5 Å². The van der Waals surface area contributed by atoms with Crippen molar-refractivity contribution in [1.29, 1.82) is 0 Å². The third-order valence-corrected chi connectivity index (χ3v) is 4.49. The van der Waals surface area contributed by atoms with E-state index in [9.17, 15) is 13.2 Å². The molecule has 0 bridgehead atoms. The Labute approximate surface area is 149 Å². The predicted molar refractivity (Wildman–Crippen MR) is 94.4 cm³/mol. The van der Waals surface area contributed by atoms with E-state index in [2.05, 4.69) is 5.32 Å². The molecule has 0 saturated carbocycles. The second-order valence-corrected chi connectivity index (χ2v) is 7.02. The Bertz CT molecular complexity index is 663. The average molecular weight is 374 g/mol. The molecular weight excluding hydrogens is 348 g/mol. The summed E-state index contributed by atoms with van der Waals surface area (Å²) in [6, 6.07) is 4.70. The summed E-state index contributed by atoms with van der Waals surface area (Å²) in [6.07, 6.45) is 0. The third-order valence-electron chi connectivity index (χ3n) is 3.35. The van der Waals surface area contributed by atoms with Gasteiger partial charge in [0, 0.05) is 26.7 Å². The first-order valence-corrected chi connectivity index (χ1v) is 9.55. The van der Waals surface area contributed by atoms with E-state index in [0.717, 1.165) is 0 Å². The first kappa shape index (κ1) is 21.0. The van der Waals surface area contributed by atoms with Crippen molar-refractivity contribution < 1.29 is 26.9 Å². The van der Waals surface area contributed by atoms with Crippen LogP contribution in [0.5, 0.6) is 11.5 Å². The molecule has 1 aromatic carbocycles. The quantitative estimate of drug-likeness (QED) is 0.625. The Kier molecular flexibility index (Phi) is 8.50. The molecule has 1 N–H and O–H groups in total. The van der Waals surface area contributed by atoms with Crippen LogP contribution in [0.1, 0.15) is 19.4 Å². The van der Waals surface area contributed by atoms with Gasteiger partial charge >= 0.3 is 16.1 Å². The zero-order chi connectivity index (χ0) is 18.9. The van der Waals surface area contributed by atoms with E-state index < -0.39 is 10.1 Å². The van der Waals surface area contributed by atoms with Gasteiger partial charge in [-0.15, -0.1) is 0 Å². The van der Waals surface area contributed by atoms with Crippen molar-refractivity contribution in [3.63, 3.8) is 0 Å². The topological polar surface area (TPSA) is 94.2 Å². The van der Waals surface area contributed by atoms with E-state index in [0.29, 0.717) is 31.0 Å². The smallest absolute Gasteiger partial charge is 0.317 e. The van der Waals surface area contributed by atoms with Gasteiger partial charge in [-0.3, -0.25) is 0 Å². The van der Waals surface area contributed by atoms with Crippen LogP contribution in [0.4, 0.5) is 4.79 Å². The molecule has 25 heavy (non-hydrogen) atoms. The van der Waals surface area contributed by atoms with Crippen molar-refractivity contribution in [2.75, 3.05) is 39.7 Å². The lowest BCUT2D eigenvalue weighted by Gasteiger charge is -2.23. The molecule has 0 saturated heterocycles. The highest BCUT2D eigenvalue weighted by Crippen LogP contribution is 2.30. The predicted octanol–water partition coefficient (Wildman–Crippen LogP) is 1.60. The number of nitrogens with zero attached hydrogens (tertiary/aromatic N) is 1. The van der Waals surface area contributed by atoms with E-state index >= 15 is 0 Å². The fraction of sp³-hybridized carbons (Fsp3) is 0.562. The van der Waals surface area contributed by atoms with Gasteiger partial charge in [-0.2, -0.15) is 8.42 Å². The van der Waals surface area contributed by atoms with Crippen LogP contribution < -0.4 is 14.2 Å². The van der Waals surface area contributed by atoms with E-state index in [-0.39, 0.29) is 24.1 Å². The van der Waals surface area contributed by atoms with E-state index in [1.165, 1.54) is 14.0 Å². The molecule has 142 valence electrons. The second kappa shape index (κ2) is 10.1. The van der Waals surface area contributed by atoms with Crippen LogP contribution in [0.2, 0.25) is 0 Å². The highest BCUT2D eigenvalue weighted by molar-refractivity contribution is 7.87. The van der Waals surface area contributed by atoms with E-state index in [1.807, 2.05) is 6.92 Å². The second-order valence-electron chi connectivity index (χ2n) is 5.16. The lowest BCUT2D eigenvalue weighted by molar-refractivity contribution is 0.146. The van der Waals surface area contributed by atoms with Crippen LogP contribution in [0, 0.1) is 0 Å². The molecule has 0 aromatic heterocycles. The number of ether oxygens (including phenoxy) is 2. The minimum atomic E-state index is -3.68. The summed E-state index contributed by atoms with van der Waals surface area (Å²) in [7, 11) is -0.691. The van der Waals surface area contributed by atoms with Crippen LogP contribution in [0.15, 0.2) is 18.2 Å². The monoisotopic (exact) mass is 374 g/mol. The summed E-state index contributed by atoms with van der Waals surface area (Å²) in [6.45, 7) is 4.91. The molecule has 9 heteroatoms. The molecule has 0 atom stereocenters. The van der Waals surface area contributed by atoms with Crippen molar-refractivity contribution in [1.82, 2.24) is 10.2 Å². The minimum Gasteiger partial charge on any atom is -0.493 e. The van der Waals surface area contributed by atoms with E-state index in [4.69, 9.17) is 13.7 Å². The fourth-order valence-electron chi connectivity index (χ4n) is 2.02. The first-order valence-electron chi connectivity index (χ1n) is 7.97. The maximum Gasteiger partial charge on any atom is 0.317 e. The minimum absolute atomic E-state index is 0.101. The zero-order valence-electron chi connectivity index (χ0n) is 15.1. The first-order chi connectivity index (χ1) is 11.9. The molecule has 0 fully saturated rings. The molecule has 0 radical (unpaired) electrons. The Balaban J connectivity index is 3.04. The average Bonchev–Trinajstić information content (AvgIpc) is 2.58. The highest BCUT2D eigenvalue weighted by Gasteiger charge is 2.17. The van der Waals surface area contributed by atoms with Gasteiger partial charge in [0.25, 0.3) is 0 Å². The molecule has 1 rings (SSSR count). The molecule has 0 spiro atoms. The molecule has 0 unspecified atom stereocenters. The van der Waals surface area contributed by atoms with Crippen molar-refractivity contribution in [3.8, 4) is 11.5 Å². The Morgan fingerprint density at radius 3 is 2.48 bits per heavy atom. The maximum absolute atomic E-state index is 12.1. The Morgan fingerprint density at radius 2 is 1.92 bits per heavy atom. The number of hydrogen-bond acceptors (Lipinski definition) is 6. The standard InChI is InChI=1S/C16H26N2O6S/c1-5-17-16(19)18(9-10-22-3)12-13-7-8-14(23-4)15(11-13)24-25(20,21)6-2/h7-8,11H,5-6,9-10,12H2,1-4H3,(H,17,19). The van der Waals surface area contributed by atoms with Gasteiger partial charge in [0.2, 0.25) is 0 Å². The molecule has 1 aromatic rings. The molecule has 0 aliphatic rings. The van der Waals surface area contributed by atoms with Crippen LogP contribution in [0.25, 0.3) is 0 Å². The number of amides is 2. The number of urea groups is 1. The summed E-state index contributed by atoms with van der Waals surface area (Å²) < 4.78 is 38.7. The Hall–Kier alpha value is -2.00. The van der Waals surface area contributed by atoms with Crippen LogP contribution in [-0.2, 0) is 21.4 Å². The number of carbonyl (C=O) groups excluding carboxylic acids is 1. The number of carbonyl (C=O) groups is 1. The Morgan fingerprint density at radius 1 is 1.20 bits per heavy atom. The summed E-state index contributed by atoms with van der Waals surface area (Å²) in [5, 5.41) is 2.74. The summed E-state index contributed by atoms with van der Waals surface area (Å²) >= 11 is 0. The SMILES string of the molecule is CCNC(=O)N(CCOC)Cc1ccc(OC)c(OS(=O)(=O)CC)c1. The molecular formula is C16H26N2O6S. The zero-order valence-corrected chi connectivity index (χ0v) is 15.9. The van der Waals surface area contributed by atoms with Crippen molar-refractivity contribution in [2.24, 2.45) is 0 Å². The van der Waals surface area contributed by atoms with Crippen molar-refractivity contribution in [2.45, 2.75) is 20.4 Å². The summed E-state index contributed by atoms with van der Waals surface area (Å²) in [4.78, 5) is 13.7. The fourth-order valence-corrected chi connectivity index (χ4v) is 2.54. The third kappa shape index (κ3) is 6.79. The lowest BCUT2D eigenvalue weighted by atomic mass is 10.2. The van der Waals surface area contributed by atoms with Crippen LogP contribution >= 0.6 is 0 Å². The number of nitrogens with one attached hydrogen (secondary N) is 1. The van der Waals surface area contributed by atoms with Crippen LogP contribution in [0.3, 0.4) is 0 Å². The van der Waals surface area contributed by atoms with E-state index in [1.54, 1.807) is 30.2 Å².